The van der Waals surface area contributed by atoms with Gasteiger partial charge in [0.25, 0.3) is 0 Å². The maximum atomic E-state index is 13.1. The number of nitrogens with one attached hydrogen (secondary N) is 1. The van der Waals surface area contributed by atoms with Gasteiger partial charge in [-0.3, -0.25) is 19.4 Å². The van der Waals surface area contributed by atoms with Gasteiger partial charge in [-0.15, -0.1) is 0 Å². The standard InChI is InChI=1S/C21H24N4O2/c1-16(23-11-13-24(14-12-23)17-7-3-2-4-8-17)21(27)25-15-20(26)22-18-9-5-6-10-19(18)25/h2-10,16H,11-15H2,1H3,(H,22,26)/t16-/m0/s1. The number of amides is 2. The van der Waals surface area contributed by atoms with Gasteiger partial charge in [-0.05, 0) is 31.2 Å². The number of piperazine rings is 1. The highest BCUT2D eigenvalue weighted by atomic mass is 16.2. The van der Waals surface area contributed by atoms with Crippen LogP contribution in [0.3, 0.4) is 0 Å². The summed E-state index contributed by atoms with van der Waals surface area (Å²) in [6.45, 7) is 5.43. The van der Waals surface area contributed by atoms with Crippen molar-refractivity contribution in [3.63, 3.8) is 0 Å². The highest BCUT2D eigenvalue weighted by Gasteiger charge is 2.33. The predicted molar refractivity (Wildman–Crippen MR) is 107 cm³/mol. The molecule has 140 valence electrons. The van der Waals surface area contributed by atoms with E-state index in [-0.39, 0.29) is 24.4 Å². The summed E-state index contributed by atoms with van der Waals surface area (Å²) in [6, 6.07) is 17.6. The number of rotatable bonds is 3. The average Bonchev–Trinajstić information content (AvgIpc) is 2.73. The van der Waals surface area contributed by atoms with Gasteiger partial charge < -0.3 is 10.2 Å². The van der Waals surface area contributed by atoms with Crippen LogP contribution < -0.4 is 15.1 Å². The number of carbonyl (C=O) groups is 2. The van der Waals surface area contributed by atoms with Crippen molar-refractivity contribution < 1.29 is 9.59 Å². The quantitative estimate of drug-likeness (QED) is 0.907. The van der Waals surface area contributed by atoms with Crippen LogP contribution in [0, 0.1) is 0 Å². The number of hydrogen-bond acceptors (Lipinski definition) is 4. The third kappa shape index (κ3) is 3.53. The molecular weight excluding hydrogens is 340 g/mol. The van der Waals surface area contributed by atoms with E-state index in [1.54, 1.807) is 4.90 Å². The van der Waals surface area contributed by atoms with E-state index in [4.69, 9.17) is 0 Å². The van der Waals surface area contributed by atoms with Crippen LogP contribution in [0.4, 0.5) is 17.1 Å². The van der Waals surface area contributed by atoms with Crippen molar-refractivity contribution in [3.8, 4) is 0 Å². The van der Waals surface area contributed by atoms with E-state index in [0.717, 1.165) is 31.9 Å². The molecule has 1 saturated heterocycles. The molecule has 1 atom stereocenters. The second-order valence-electron chi connectivity index (χ2n) is 7.02. The van der Waals surface area contributed by atoms with Crippen LogP contribution in [0.15, 0.2) is 54.6 Å². The first kappa shape index (κ1) is 17.5. The smallest absolute Gasteiger partial charge is 0.244 e. The maximum Gasteiger partial charge on any atom is 0.244 e. The van der Waals surface area contributed by atoms with Crippen molar-refractivity contribution in [1.29, 1.82) is 0 Å². The van der Waals surface area contributed by atoms with Crippen molar-refractivity contribution in [2.75, 3.05) is 47.8 Å². The molecule has 0 bridgehead atoms. The van der Waals surface area contributed by atoms with Gasteiger partial charge in [0.05, 0.1) is 17.4 Å². The average molecular weight is 364 g/mol. The third-order valence-corrected chi connectivity index (χ3v) is 5.38. The molecule has 0 aliphatic carbocycles. The Morgan fingerprint density at radius 2 is 1.63 bits per heavy atom. The molecule has 1 N–H and O–H groups in total. The highest BCUT2D eigenvalue weighted by molar-refractivity contribution is 6.11. The number of carbonyl (C=O) groups excluding carboxylic acids is 2. The fourth-order valence-electron chi connectivity index (χ4n) is 3.82. The van der Waals surface area contributed by atoms with E-state index in [1.807, 2.05) is 49.4 Å². The van der Waals surface area contributed by atoms with E-state index in [2.05, 4.69) is 27.2 Å². The Kier molecular flexibility index (Phi) is 4.81. The van der Waals surface area contributed by atoms with Gasteiger partial charge in [-0.2, -0.15) is 0 Å². The second kappa shape index (κ2) is 7.40. The lowest BCUT2D eigenvalue weighted by molar-refractivity contribution is -0.125. The van der Waals surface area contributed by atoms with Crippen LogP contribution in [-0.2, 0) is 9.59 Å². The van der Waals surface area contributed by atoms with Crippen LogP contribution >= 0.6 is 0 Å². The van der Waals surface area contributed by atoms with Gasteiger partial charge in [0.1, 0.15) is 6.54 Å². The normalized spacial score (nSPS) is 18.6. The van der Waals surface area contributed by atoms with Gasteiger partial charge in [0.15, 0.2) is 0 Å². The van der Waals surface area contributed by atoms with Crippen LogP contribution in [-0.4, -0.2) is 55.5 Å². The molecule has 2 aromatic rings. The molecule has 0 spiro atoms. The highest BCUT2D eigenvalue weighted by Crippen LogP contribution is 2.30. The van der Waals surface area contributed by atoms with E-state index in [0.29, 0.717) is 5.69 Å². The Labute approximate surface area is 159 Å². The van der Waals surface area contributed by atoms with Crippen molar-refractivity contribution in [3.05, 3.63) is 54.6 Å². The molecule has 4 rings (SSSR count). The van der Waals surface area contributed by atoms with Crippen molar-refractivity contribution in [1.82, 2.24) is 4.90 Å². The van der Waals surface area contributed by atoms with Crippen LogP contribution in [0.25, 0.3) is 0 Å². The lowest BCUT2D eigenvalue weighted by Crippen LogP contribution is -2.56. The Bertz CT molecular complexity index is 831. The predicted octanol–water partition coefficient (Wildman–Crippen LogP) is 2.18. The topological polar surface area (TPSA) is 55.9 Å². The molecule has 2 amide bonds. The summed E-state index contributed by atoms with van der Waals surface area (Å²) < 4.78 is 0. The number of benzene rings is 2. The Balaban J connectivity index is 1.44. The van der Waals surface area contributed by atoms with Gasteiger partial charge in [0, 0.05) is 31.9 Å². The van der Waals surface area contributed by atoms with E-state index in [1.165, 1.54) is 5.69 Å². The molecule has 0 aromatic heterocycles. The summed E-state index contributed by atoms with van der Waals surface area (Å²) in [5.41, 5.74) is 2.69. The molecule has 6 heteroatoms. The van der Waals surface area contributed by atoms with E-state index < -0.39 is 0 Å². The summed E-state index contributed by atoms with van der Waals surface area (Å²) in [4.78, 5) is 31.3. The largest absolute Gasteiger partial charge is 0.369 e. The molecule has 0 saturated carbocycles. The zero-order valence-corrected chi connectivity index (χ0v) is 15.5. The minimum absolute atomic E-state index is 0.0227. The summed E-state index contributed by atoms with van der Waals surface area (Å²) in [7, 11) is 0. The van der Waals surface area contributed by atoms with Crippen LogP contribution in [0.5, 0.6) is 0 Å². The molecular formula is C21H24N4O2. The number of para-hydroxylation sites is 3. The Morgan fingerprint density at radius 3 is 2.37 bits per heavy atom. The maximum absolute atomic E-state index is 13.1. The van der Waals surface area contributed by atoms with Crippen LogP contribution in [0.2, 0.25) is 0 Å². The first-order valence-corrected chi connectivity index (χ1v) is 9.38. The van der Waals surface area contributed by atoms with E-state index >= 15 is 0 Å². The SMILES string of the molecule is C[C@@H](C(=O)N1CC(=O)Nc2ccccc21)N1CCN(c2ccccc2)CC1. The van der Waals surface area contributed by atoms with Gasteiger partial charge in [-0.1, -0.05) is 30.3 Å². The lowest BCUT2D eigenvalue weighted by atomic mass is 10.1. The fraction of sp³-hybridized carbons (Fsp3) is 0.333. The monoisotopic (exact) mass is 364 g/mol. The third-order valence-electron chi connectivity index (χ3n) is 5.38. The number of anilines is 3. The number of fused-ring (bicyclic) bond motifs is 1. The van der Waals surface area contributed by atoms with Gasteiger partial charge >= 0.3 is 0 Å². The molecule has 2 aliphatic rings. The first-order chi connectivity index (χ1) is 13.1. The zero-order valence-electron chi connectivity index (χ0n) is 15.5. The minimum Gasteiger partial charge on any atom is -0.369 e. The van der Waals surface area contributed by atoms with E-state index in [9.17, 15) is 9.59 Å². The van der Waals surface area contributed by atoms with Crippen molar-refractivity contribution >= 4 is 28.9 Å². The van der Waals surface area contributed by atoms with Crippen molar-refractivity contribution in [2.45, 2.75) is 13.0 Å². The summed E-state index contributed by atoms with van der Waals surface area (Å²) in [5, 5.41) is 2.83. The Morgan fingerprint density at radius 1 is 0.963 bits per heavy atom. The van der Waals surface area contributed by atoms with Gasteiger partial charge in [-0.25, -0.2) is 0 Å². The molecule has 2 aromatic carbocycles. The molecule has 2 heterocycles. The minimum atomic E-state index is -0.262. The molecule has 0 unspecified atom stereocenters. The fourth-order valence-corrected chi connectivity index (χ4v) is 3.82. The molecule has 0 radical (unpaired) electrons. The first-order valence-electron chi connectivity index (χ1n) is 9.38. The van der Waals surface area contributed by atoms with Crippen molar-refractivity contribution in [2.24, 2.45) is 0 Å². The summed E-state index contributed by atoms with van der Waals surface area (Å²) >= 11 is 0. The molecule has 1 fully saturated rings. The number of hydrogen-bond donors (Lipinski definition) is 1. The molecule has 6 nitrogen and oxygen atoms in total. The van der Waals surface area contributed by atoms with Gasteiger partial charge in [0.2, 0.25) is 11.8 Å². The molecule has 27 heavy (non-hydrogen) atoms. The second-order valence-corrected chi connectivity index (χ2v) is 7.02. The zero-order chi connectivity index (χ0) is 18.8. The summed E-state index contributed by atoms with van der Waals surface area (Å²) in [6.07, 6.45) is 0. The molecule has 2 aliphatic heterocycles. The van der Waals surface area contributed by atoms with Crippen LogP contribution in [0.1, 0.15) is 6.92 Å². The Hall–Kier alpha value is -2.86. The summed E-state index contributed by atoms with van der Waals surface area (Å²) in [5.74, 6) is -0.173. The number of nitrogens with zero attached hydrogens (tertiary/aromatic N) is 3. The lowest BCUT2D eigenvalue weighted by Gasteiger charge is -2.40.